The van der Waals surface area contributed by atoms with Crippen molar-refractivity contribution in [2.45, 2.75) is 32.2 Å². The molecule has 0 unspecified atom stereocenters. The van der Waals surface area contributed by atoms with Gasteiger partial charge in [-0.3, -0.25) is 9.36 Å². The predicted octanol–water partition coefficient (Wildman–Crippen LogP) is 3.05. The largest absolute Gasteiger partial charge is 0.483 e. The molecule has 0 aliphatic heterocycles. The fraction of sp³-hybridized carbons (Fsp3) is 0.389. The monoisotopic (exact) mass is 378 g/mol. The average molecular weight is 378 g/mol. The van der Waals surface area contributed by atoms with Crippen LogP contribution in [0.1, 0.15) is 19.7 Å². The first-order chi connectivity index (χ1) is 12.5. The van der Waals surface area contributed by atoms with Crippen molar-refractivity contribution in [2.24, 2.45) is 5.92 Å². The number of allylic oxidation sites excluding steroid dienone is 1. The molecule has 2 rings (SSSR count). The van der Waals surface area contributed by atoms with Crippen molar-refractivity contribution in [1.82, 2.24) is 20.1 Å². The summed E-state index contributed by atoms with van der Waals surface area (Å²) in [6.45, 7) is 8.99. The van der Waals surface area contributed by atoms with Crippen LogP contribution >= 0.6 is 11.8 Å². The molecule has 0 aliphatic carbocycles. The summed E-state index contributed by atoms with van der Waals surface area (Å²) in [5.74, 6) is 0.854. The lowest BCUT2D eigenvalue weighted by Gasteiger charge is -2.10. The number of carbonyl (C=O) groups is 1. The zero-order valence-corrected chi connectivity index (χ0v) is 15.8. The standard InChI is InChI=1S/C18H23FN4O2S/c1-4-9-23-16(11-25-15-8-6-5-7-14(15)19)21-22-18(23)26-12-17(24)20-10-13(2)3/h4-8,13H,1,9-12H2,2-3H3,(H,20,24). The lowest BCUT2D eigenvalue weighted by molar-refractivity contribution is -0.118. The van der Waals surface area contributed by atoms with Crippen LogP contribution in [-0.4, -0.2) is 33.0 Å². The van der Waals surface area contributed by atoms with Crippen LogP contribution < -0.4 is 10.1 Å². The summed E-state index contributed by atoms with van der Waals surface area (Å²) in [6.07, 6.45) is 1.71. The normalized spacial score (nSPS) is 10.8. The van der Waals surface area contributed by atoms with E-state index < -0.39 is 5.82 Å². The van der Waals surface area contributed by atoms with Gasteiger partial charge in [-0.05, 0) is 18.1 Å². The highest BCUT2D eigenvalue weighted by Crippen LogP contribution is 2.20. The number of rotatable bonds is 10. The minimum Gasteiger partial charge on any atom is -0.483 e. The second kappa shape index (κ2) is 9.96. The maximum absolute atomic E-state index is 13.7. The van der Waals surface area contributed by atoms with Crippen molar-refractivity contribution >= 4 is 17.7 Å². The number of hydrogen-bond acceptors (Lipinski definition) is 5. The molecule has 0 spiro atoms. The van der Waals surface area contributed by atoms with E-state index in [2.05, 4.69) is 22.1 Å². The number of ether oxygens (including phenoxy) is 1. The van der Waals surface area contributed by atoms with E-state index in [9.17, 15) is 9.18 Å². The zero-order chi connectivity index (χ0) is 18.9. The topological polar surface area (TPSA) is 69.0 Å². The third kappa shape index (κ3) is 5.87. The minimum atomic E-state index is -0.432. The van der Waals surface area contributed by atoms with Gasteiger partial charge in [0.2, 0.25) is 5.91 Å². The van der Waals surface area contributed by atoms with Gasteiger partial charge in [-0.25, -0.2) is 4.39 Å². The van der Waals surface area contributed by atoms with E-state index in [0.29, 0.717) is 30.0 Å². The molecule has 1 aromatic carbocycles. The molecular formula is C18H23FN4O2S. The van der Waals surface area contributed by atoms with Crippen LogP contribution in [0.2, 0.25) is 0 Å². The fourth-order valence-corrected chi connectivity index (χ4v) is 2.84. The lowest BCUT2D eigenvalue weighted by atomic mass is 10.2. The van der Waals surface area contributed by atoms with E-state index in [-0.39, 0.29) is 24.0 Å². The van der Waals surface area contributed by atoms with Gasteiger partial charge >= 0.3 is 0 Å². The van der Waals surface area contributed by atoms with Crippen molar-refractivity contribution in [1.29, 1.82) is 0 Å². The van der Waals surface area contributed by atoms with Crippen LogP contribution in [0.25, 0.3) is 0 Å². The number of carbonyl (C=O) groups excluding carboxylic acids is 1. The van der Waals surface area contributed by atoms with Crippen LogP contribution in [0.3, 0.4) is 0 Å². The molecule has 1 heterocycles. The molecule has 0 saturated heterocycles. The Bertz CT molecular complexity index is 749. The van der Waals surface area contributed by atoms with E-state index in [4.69, 9.17) is 4.74 Å². The third-order valence-corrected chi connectivity index (χ3v) is 4.31. The van der Waals surface area contributed by atoms with Crippen molar-refractivity contribution in [3.8, 4) is 5.75 Å². The number of aromatic nitrogens is 3. The number of benzene rings is 1. The van der Waals surface area contributed by atoms with E-state index in [0.717, 1.165) is 0 Å². The second-order valence-corrected chi connectivity index (χ2v) is 6.95. The summed E-state index contributed by atoms with van der Waals surface area (Å²) in [5.41, 5.74) is 0. The van der Waals surface area contributed by atoms with Gasteiger partial charge in [0.15, 0.2) is 22.5 Å². The van der Waals surface area contributed by atoms with Crippen molar-refractivity contribution < 1.29 is 13.9 Å². The van der Waals surface area contributed by atoms with Crippen molar-refractivity contribution in [3.63, 3.8) is 0 Å². The van der Waals surface area contributed by atoms with Crippen molar-refractivity contribution in [2.75, 3.05) is 12.3 Å². The number of nitrogens with zero attached hydrogens (tertiary/aromatic N) is 3. The maximum Gasteiger partial charge on any atom is 0.230 e. The predicted molar refractivity (Wildman–Crippen MR) is 99.5 cm³/mol. The quantitative estimate of drug-likeness (QED) is 0.508. The second-order valence-electron chi connectivity index (χ2n) is 6.00. The van der Waals surface area contributed by atoms with Crippen LogP contribution in [0.5, 0.6) is 5.75 Å². The smallest absolute Gasteiger partial charge is 0.230 e. The van der Waals surface area contributed by atoms with Crippen LogP contribution in [0.4, 0.5) is 4.39 Å². The number of hydrogen-bond donors (Lipinski definition) is 1. The van der Waals surface area contributed by atoms with E-state index >= 15 is 0 Å². The van der Waals surface area contributed by atoms with Crippen LogP contribution in [0.15, 0.2) is 42.1 Å². The first kappa shape index (κ1) is 20.0. The van der Waals surface area contributed by atoms with Gasteiger partial charge in [0.05, 0.1) is 5.75 Å². The Hall–Kier alpha value is -2.35. The highest BCUT2D eigenvalue weighted by Gasteiger charge is 2.14. The molecule has 26 heavy (non-hydrogen) atoms. The maximum atomic E-state index is 13.7. The molecule has 0 saturated carbocycles. The highest BCUT2D eigenvalue weighted by atomic mass is 32.2. The summed E-state index contributed by atoms with van der Waals surface area (Å²) in [4.78, 5) is 11.9. The van der Waals surface area contributed by atoms with Crippen LogP contribution in [-0.2, 0) is 17.9 Å². The summed E-state index contributed by atoms with van der Waals surface area (Å²) in [7, 11) is 0. The van der Waals surface area contributed by atoms with Gasteiger partial charge in [-0.15, -0.1) is 16.8 Å². The van der Waals surface area contributed by atoms with Gasteiger partial charge in [0, 0.05) is 13.1 Å². The third-order valence-electron chi connectivity index (χ3n) is 3.34. The number of halogens is 1. The zero-order valence-electron chi connectivity index (χ0n) is 14.9. The van der Waals surface area contributed by atoms with Gasteiger partial charge in [-0.2, -0.15) is 0 Å². The van der Waals surface area contributed by atoms with E-state index in [1.165, 1.54) is 17.8 Å². The fourth-order valence-electron chi connectivity index (χ4n) is 2.05. The molecule has 140 valence electrons. The van der Waals surface area contributed by atoms with Crippen molar-refractivity contribution in [3.05, 3.63) is 48.6 Å². The molecule has 8 heteroatoms. The van der Waals surface area contributed by atoms with E-state index in [1.54, 1.807) is 28.8 Å². The molecule has 1 aromatic heterocycles. The number of nitrogens with one attached hydrogen (secondary N) is 1. The number of amides is 1. The summed E-state index contributed by atoms with van der Waals surface area (Å²) < 4.78 is 20.9. The molecule has 1 amide bonds. The average Bonchev–Trinajstić information content (AvgIpc) is 2.99. The minimum absolute atomic E-state index is 0.0546. The summed E-state index contributed by atoms with van der Waals surface area (Å²) >= 11 is 1.29. The molecule has 0 fully saturated rings. The molecule has 2 aromatic rings. The Morgan fingerprint density at radius 2 is 2.19 bits per heavy atom. The van der Waals surface area contributed by atoms with Gasteiger partial charge < -0.3 is 10.1 Å². The first-order valence-corrected chi connectivity index (χ1v) is 9.29. The molecule has 6 nitrogen and oxygen atoms in total. The molecular weight excluding hydrogens is 355 g/mol. The number of thioether (sulfide) groups is 1. The summed E-state index contributed by atoms with van der Waals surface area (Å²) in [5, 5.41) is 11.7. The SMILES string of the molecule is C=CCn1c(COc2ccccc2F)nnc1SCC(=O)NCC(C)C. The lowest BCUT2D eigenvalue weighted by Crippen LogP contribution is -2.28. The molecule has 0 bridgehead atoms. The molecule has 0 radical (unpaired) electrons. The molecule has 0 atom stereocenters. The Kier molecular flexibility index (Phi) is 7.65. The van der Waals surface area contributed by atoms with Crippen LogP contribution in [0, 0.1) is 11.7 Å². The van der Waals surface area contributed by atoms with E-state index in [1.807, 2.05) is 13.8 Å². The molecule has 0 aliphatic rings. The van der Waals surface area contributed by atoms with Gasteiger partial charge in [-0.1, -0.05) is 43.8 Å². The first-order valence-electron chi connectivity index (χ1n) is 8.31. The summed E-state index contributed by atoms with van der Waals surface area (Å²) in [6, 6.07) is 6.19. The number of para-hydroxylation sites is 1. The Labute approximate surface area is 156 Å². The Morgan fingerprint density at radius 1 is 1.42 bits per heavy atom. The van der Waals surface area contributed by atoms with Gasteiger partial charge in [0.25, 0.3) is 0 Å². The molecule has 1 N–H and O–H groups in total. The Balaban J connectivity index is 1.99. The van der Waals surface area contributed by atoms with Gasteiger partial charge in [0.1, 0.15) is 6.61 Å². The highest BCUT2D eigenvalue weighted by molar-refractivity contribution is 7.99. The Morgan fingerprint density at radius 3 is 2.88 bits per heavy atom.